The highest BCUT2D eigenvalue weighted by Crippen LogP contribution is 2.28. The van der Waals surface area contributed by atoms with Crippen molar-refractivity contribution in [3.8, 4) is 0 Å². The van der Waals surface area contributed by atoms with Gasteiger partial charge in [-0.3, -0.25) is 9.59 Å². The van der Waals surface area contributed by atoms with Gasteiger partial charge in [-0.25, -0.2) is 0 Å². The molecule has 7 heteroatoms. The Kier molecular flexibility index (Phi) is 10.5. The summed E-state index contributed by atoms with van der Waals surface area (Å²) in [5, 5.41) is 3.91. The molecule has 184 valence electrons. The van der Waals surface area contributed by atoms with Crippen LogP contribution in [0.3, 0.4) is 0 Å². The SMILES string of the molecule is CCCNC(=O)C(Cc1ccccc1)N(Cc1c(Cl)cccc1Cl)C(=O)CSc1ccc(C)cc1. The molecule has 1 N–H and O–H groups in total. The van der Waals surface area contributed by atoms with Gasteiger partial charge in [0.15, 0.2) is 0 Å². The standard InChI is InChI=1S/C28H30Cl2N2O2S/c1-3-16-31-28(34)26(17-21-8-5-4-6-9-21)32(18-23-24(29)10-7-11-25(23)30)27(33)19-35-22-14-12-20(2)13-15-22/h4-15,26H,3,16-19H2,1-2H3,(H,31,34). The van der Waals surface area contributed by atoms with Gasteiger partial charge in [-0.05, 0) is 43.2 Å². The summed E-state index contributed by atoms with van der Waals surface area (Å²) in [5.74, 6) is -0.149. The number of amides is 2. The molecule has 0 bridgehead atoms. The molecule has 0 aromatic heterocycles. The molecular formula is C28H30Cl2N2O2S. The highest BCUT2D eigenvalue weighted by molar-refractivity contribution is 8.00. The van der Waals surface area contributed by atoms with Gasteiger partial charge < -0.3 is 10.2 Å². The summed E-state index contributed by atoms with van der Waals surface area (Å²) in [4.78, 5) is 29.6. The fraction of sp³-hybridized carbons (Fsp3) is 0.286. The van der Waals surface area contributed by atoms with Gasteiger partial charge in [0.05, 0.1) is 5.75 Å². The van der Waals surface area contributed by atoms with E-state index in [9.17, 15) is 9.59 Å². The predicted octanol–water partition coefficient (Wildman–Crippen LogP) is 6.56. The molecule has 0 spiro atoms. The number of carbonyl (C=O) groups excluding carboxylic acids is 2. The number of hydrogen-bond donors (Lipinski definition) is 1. The lowest BCUT2D eigenvalue weighted by Crippen LogP contribution is -2.51. The predicted molar refractivity (Wildman–Crippen MR) is 146 cm³/mol. The lowest BCUT2D eigenvalue weighted by atomic mass is 10.0. The first-order chi connectivity index (χ1) is 16.9. The van der Waals surface area contributed by atoms with Crippen molar-refractivity contribution in [3.63, 3.8) is 0 Å². The molecule has 3 aromatic carbocycles. The summed E-state index contributed by atoms with van der Waals surface area (Å²) in [6.45, 7) is 4.70. The van der Waals surface area contributed by atoms with Crippen LogP contribution in [0.2, 0.25) is 10.0 Å². The van der Waals surface area contributed by atoms with E-state index in [1.54, 1.807) is 23.1 Å². The van der Waals surface area contributed by atoms with Crippen LogP contribution in [0.15, 0.2) is 77.7 Å². The Balaban J connectivity index is 1.93. The van der Waals surface area contributed by atoms with Crippen LogP contribution in [0.25, 0.3) is 0 Å². The number of nitrogens with zero attached hydrogens (tertiary/aromatic N) is 1. The second-order valence-corrected chi connectivity index (χ2v) is 10.2. The highest BCUT2D eigenvalue weighted by Gasteiger charge is 2.31. The number of carbonyl (C=O) groups is 2. The van der Waals surface area contributed by atoms with Gasteiger partial charge in [0.25, 0.3) is 0 Å². The van der Waals surface area contributed by atoms with E-state index in [4.69, 9.17) is 23.2 Å². The summed E-state index contributed by atoms with van der Waals surface area (Å²) >= 11 is 14.4. The molecule has 0 saturated carbocycles. The lowest BCUT2D eigenvalue weighted by Gasteiger charge is -2.32. The van der Waals surface area contributed by atoms with Gasteiger partial charge in [-0.2, -0.15) is 0 Å². The number of benzene rings is 3. The zero-order valence-electron chi connectivity index (χ0n) is 20.0. The molecular weight excluding hydrogens is 499 g/mol. The highest BCUT2D eigenvalue weighted by atomic mass is 35.5. The maximum absolute atomic E-state index is 13.7. The van der Waals surface area contributed by atoms with Crippen LogP contribution >= 0.6 is 35.0 Å². The summed E-state index contributed by atoms with van der Waals surface area (Å²) in [6.07, 6.45) is 1.19. The van der Waals surface area contributed by atoms with Crippen molar-refractivity contribution in [1.29, 1.82) is 0 Å². The van der Waals surface area contributed by atoms with Gasteiger partial charge in [0.1, 0.15) is 6.04 Å². The van der Waals surface area contributed by atoms with Crippen LogP contribution in [0.5, 0.6) is 0 Å². The maximum atomic E-state index is 13.7. The normalized spacial score (nSPS) is 11.7. The summed E-state index contributed by atoms with van der Waals surface area (Å²) in [7, 11) is 0. The minimum absolute atomic E-state index is 0.142. The van der Waals surface area contributed by atoms with Crippen molar-refractivity contribution < 1.29 is 9.59 Å². The number of hydrogen-bond acceptors (Lipinski definition) is 3. The van der Waals surface area contributed by atoms with Crippen LogP contribution in [0, 0.1) is 6.92 Å². The first kappa shape index (κ1) is 27.1. The lowest BCUT2D eigenvalue weighted by molar-refractivity contribution is -0.139. The fourth-order valence-corrected chi connectivity index (χ4v) is 4.94. The van der Waals surface area contributed by atoms with Crippen molar-refractivity contribution in [1.82, 2.24) is 10.2 Å². The second kappa shape index (κ2) is 13.6. The van der Waals surface area contributed by atoms with E-state index in [0.29, 0.717) is 28.6 Å². The monoisotopic (exact) mass is 528 g/mol. The van der Waals surface area contributed by atoms with Crippen LogP contribution in [-0.4, -0.2) is 35.1 Å². The molecule has 0 aliphatic carbocycles. The first-order valence-corrected chi connectivity index (χ1v) is 13.4. The van der Waals surface area contributed by atoms with Gasteiger partial charge in [-0.1, -0.05) is 84.2 Å². The molecule has 1 atom stereocenters. The van der Waals surface area contributed by atoms with E-state index < -0.39 is 6.04 Å². The van der Waals surface area contributed by atoms with Crippen molar-refractivity contribution in [2.45, 2.75) is 44.2 Å². The topological polar surface area (TPSA) is 49.4 Å². The Labute approximate surface area is 222 Å². The fourth-order valence-electron chi connectivity index (χ4n) is 3.64. The molecule has 35 heavy (non-hydrogen) atoms. The number of rotatable bonds is 11. The van der Waals surface area contributed by atoms with Gasteiger partial charge in [0, 0.05) is 40.0 Å². The molecule has 2 amide bonds. The maximum Gasteiger partial charge on any atom is 0.243 e. The molecule has 3 aromatic rings. The van der Waals surface area contributed by atoms with E-state index in [1.165, 1.54) is 11.8 Å². The Bertz CT molecular complexity index is 1100. The molecule has 0 aliphatic rings. The molecule has 0 saturated heterocycles. The molecule has 0 heterocycles. The third kappa shape index (κ3) is 8.03. The van der Waals surface area contributed by atoms with Gasteiger partial charge in [0.2, 0.25) is 11.8 Å². The smallest absolute Gasteiger partial charge is 0.243 e. The Morgan fingerprint density at radius 1 is 0.943 bits per heavy atom. The Morgan fingerprint density at radius 2 is 1.60 bits per heavy atom. The molecule has 1 unspecified atom stereocenters. The van der Waals surface area contributed by atoms with E-state index in [0.717, 1.165) is 22.4 Å². The van der Waals surface area contributed by atoms with E-state index in [1.807, 2.05) is 68.4 Å². The van der Waals surface area contributed by atoms with Crippen LogP contribution in [-0.2, 0) is 22.6 Å². The van der Waals surface area contributed by atoms with Crippen LogP contribution < -0.4 is 5.32 Å². The zero-order chi connectivity index (χ0) is 25.2. The van der Waals surface area contributed by atoms with E-state index >= 15 is 0 Å². The first-order valence-electron chi connectivity index (χ1n) is 11.6. The summed E-state index contributed by atoms with van der Waals surface area (Å²) < 4.78 is 0. The number of aryl methyl sites for hydroxylation is 1. The molecule has 4 nitrogen and oxygen atoms in total. The summed E-state index contributed by atoms with van der Waals surface area (Å²) in [6, 6.07) is 22.3. The second-order valence-electron chi connectivity index (χ2n) is 8.32. The minimum atomic E-state index is -0.706. The van der Waals surface area contributed by atoms with Crippen molar-refractivity contribution in [2.24, 2.45) is 0 Å². The number of halogens is 2. The van der Waals surface area contributed by atoms with Gasteiger partial charge in [-0.15, -0.1) is 11.8 Å². The summed E-state index contributed by atoms with van der Waals surface area (Å²) in [5.41, 5.74) is 2.76. The van der Waals surface area contributed by atoms with E-state index in [-0.39, 0.29) is 24.1 Å². The third-order valence-corrected chi connectivity index (χ3v) is 7.30. The quantitative estimate of drug-likeness (QED) is 0.286. The van der Waals surface area contributed by atoms with Crippen molar-refractivity contribution in [3.05, 3.63) is 99.5 Å². The van der Waals surface area contributed by atoms with Crippen LogP contribution in [0.1, 0.15) is 30.0 Å². The average Bonchev–Trinajstić information content (AvgIpc) is 2.86. The molecule has 3 rings (SSSR count). The van der Waals surface area contributed by atoms with Crippen molar-refractivity contribution >= 4 is 46.8 Å². The Hall–Kier alpha value is -2.47. The molecule has 0 fully saturated rings. The number of nitrogens with one attached hydrogen (secondary N) is 1. The molecule has 0 radical (unpaired) electrons. The Morgan fingerprint density at radius 3 is 2.23 bits per heavy atom. The van der Waals surface area contributed by atoms with Crippen LogP contribution in [0.4, 0.5) is 0 Å². The van der Waals surface area contributed by atoms with Crippen molar-refractivity contribution in [2.75, 3.05) is 12.3 Å². The molecule has 0 aliphatic heterocycles. The minimum Gasteiger partial charge on any atom is -0.354 e. The average molecular weight is 530 g/mol. The van der Waals surface area contributed by atoms with E-state index in [2.05, 4.69) is 5.32 Å². The van der Waals surface area contributed by atoms with Gasteiger partial charge >= 0.3 is 0 Å². The largest absolute Gasteiger partial charge is 0.354 e. The number of thioether (sulfide) groups is 1. The zero-order valence-corrected chi connectivity index (χ0v) is 22.3. The third-order valence-electron chi connectivity index (χ3n) is 5.59.